The zero-order chi connectivity index (χ0) is 15.5. The number of hydrogen-bond acceptors (Lipinski definition) is 4. The fraction of sp³-hybridized carbons (Fsp3) is 0.214. The summed E-state index contributed by atoms with van der Waals surface area (Å²) in [5, 5.41) is 1.92. The molecule has 0 aliphatic carbocycles. The summed E-state index contributed by atoms with van der Waals surface area (Å²) in [5.74, 6) is -0.0980. The molecule has 7 heteroatoms. The highest BCUT2D eigenvalue weighted by molar-refractivity contribution is 7.88. The number of nitrogens with one attached hydrogen (secondary N) is 1. The summed E-state index contributed by atoms with van der Waals surface area (Å²) < 4.78 is 27.1. The lowest BCUT2D eigenvalue weighted by atomic mass is 10.1. The van der Waals surface area contributed by atoms with Gasteiger partial charge in [0.05, 0.1) is 11.8 Å². The summed E-state index contributed by atoms with van der Waals surface area (Å²) in [7, 11) is -3.43. The van der Waals surface area contributed by atoms with Crippen molar-refractivity contribution >= 4 is 38.6 Å². The minimum atomic E-state index is -3.43. The Morgan fingerprint density at radius 2 is 2.14 bits per heavy atom. The predicted molar refractivity (Wildman–Crippen MR) is 90.8 cm³/mol. The predicted octanol–water partition coefficient (Wildman–Crippen LogP) is 2.56. The van der Waals surface area contributed by atoms with Crippen molar-refractivity contribution in [1.82, 2.24) is 4.72 Å². The first-order valence-corrected chi connectivity index (χ1v) is 9.23. The Hall–Kier alpha value is -1.28. The van der Waals surface area contributed by atoms with Crippen LogP contribution in [0, 0.1) is 0 Å². The molecule has 4 nitrogen and oxygen atoms in total. The second-order valence-corrected chi connectivity index (χ2v) is 7.85. The van der Waals surface area contributed by atoms with E-state index in [9.17, 15) is 8.42 Å². The lowest BCUT2D eigenvalue weighted by Crippen LogP contribution is -2.27. The quantitative estimate of drug-likeness (QED) is 0.793. The third-order valence-electron chi connectivity index (χ3n) is 2.89. The maximum atomic E-state index is 12.2. The molecular weight excluding hydrogens is 324 g/mol. The van der Waals surface area contributed by atoms with Gasteiger partial charge in [0.2, 0.25) is 10.0 Å². The summed E-state index contributed by atoms with van der Waals surface area (Å²) in [6.07, 6.45) is 0. The van der Waals surface area contributed by atoms with E-state index in [4.69, 9.17) is 18.0 Å². The second kappa shape index (κ2) is 6.65. The first-order chi connectivity index (χ1) is 9.87. The van der Waals surface area contributed by atoms with E-state index in [-0.39, 0.29) is 16.8 Å². The van der Waals surface area contributed by atoms with Crippen LogP contribution >= 0.6 is 23.6 Å². The van der Waals surface area contributed by atoms with Gasteiger partial charge in [-0.15, -0.1) is 11.3 Å². The van der Waals surface area contributed by atoms with Crippen LogP contribution < -0.4 is 10.5 Å². The summed E-state index contributed by atoms with van der Waals surface area (Å²) in [6.45, 7) is 1.83. The van der Waals surface area contributed by atoms with E-state index in [1.807, 2.05) is 24.4 Å². The zero-order valence-electron chi connectivity index (χ0n) is 11.4. The Balaban J connectivity index is 2.10. The summed E-state index contributed by atoms with van der Waals surface area (Å²) in [4.78, 5) is 1.24. The molecule has 0 aliphatic rings. The van der Waals surface area contributed by atoms with Crippen LogP contribution in [0.2, 0.25) is 0 Å². The van der Waals surface area contributed by atoms with Gasteiger partial charge in [-0.05, 0) is 30.0 Å². The third-order valence-corrected chi connectivity index (χ3v) is 5.61. The molecule has 1 aromatic heterocycles. The lowest BCUT2D eigenvalue weighted by molar-refractivity contribution is 0.567. The number of rotatable bonds is 6. The summed E-state index contributed by atoms with van der Waals surface area (Å²) in [6, 6.07) is 10.5. The van der Waals surface area contributed by atoms with Gasteiger partial charge in [-0.3, -0.25) is 0 Å². The van der Waals surface area contributed by atoms with Crippen molar-refractivity contribution in [3.8, 4) is 0 Å². The minimum Gasteiger partial charge on any atom is -0.389 e. The topological polar surface area (TPSA) is 72.2 Å². The van der Waals surface area contributed by atoms with Crippen LogP contribution in [0.5, 0.6) is 0 Å². The Kier molecular flexibility index (Phi) is 5.10. The summed E-state index contributed by atoms with van der Waals surface area (Å²) in [5.41, 5.74) is 6.89. The molecular formula is C14H16N2O2S3. The molecule has 0 bridgehead atoms. The lowest BCUT2D eigenvalue weighted by Gasteiger charge is -2.13. The fourth-order valence-electron chi connectivity index (χ4n) is 1.94. The highest BCUT2D eigenvalue weighted by Crippen LogP contribution is 2.20. The monoisotopic (exact) mass is 340 g/mol. The van der Waals surface area contributed by atoms with Crippen LogP contribution in [0.3, 0.4) is 0 Å². The third kappa shape index (κ3) is 4.60. The SMILES string of the molecule is CC(NS(=O)(=O)Cc1cccc(C(N)=S)c1)c1cccs1. The fourth-order valence-corrected chi connectivity index (χ4v) is 4.24. The summed E-state index contributed by atoms with van der Waals surface area (Å²) >= 11 is 6.42. The number of benzene rings is 1. The van der Waals surface area contributed by atoms with Gasteiger partial charge in [0.15, 0.2) is 0 Å². The molecule has 2 aromatic rings. The van der Waals surface area contributed by atoms with Crippen molar-refractivity contribution in [3.63, 3.8) is 0 Å². The number of sulfonamides is 1. The van der Waals surface area contributed by atoms with Crippen LogP contribution in [-0.4, -0.2) is 13.4 Å². The number of thiophene rings is 1. The Morgan fingerprint density at radius 1 is 1.38 bits per heavy atom. The van der Waals surface area contributed by atoms with Gasteiger partial charge in [-0.1, -0.05) is 36.5 Å². The molecule has 3 N–H and O–H groups in total. The molecule has 0 fully saturated rings. The number of hydrogen-bond donors (Lipinski definition) is 2. The van der Waals surface area contributed by atoms with Gasteiger partial charge < -0.3 is 5.73 Å². The van der Waals surface area contributed by atoms with E-state index in [1.165, 1.54) is 11.3 Å². The molecule has 0 radical (unpaired) electrons. The molecule has 1 aromatic carbocycles. The van der Waals surface area contributed by atoms with E-state index in [0.29, 0.717) is 11.1 Å². The molecule has 0 saturated carbocycles. The van der Waals surface area contributed by atoms with Crippen molar-refractivity contribution in [2.75, 3.05) is 0 Å². The van der Waals surface area contributed by atoms with E-state index in [2.05, 4.69) is 4.72 Å². The normalized spacial score (nSPS) is 13.0. The maximum Gasteiger partial charge on any atom is 0.216 e. The smallest absolute Gasteiger partial charge is 0.216 e. The first kappa shape index (κ1) is 16.1. The Morgan fingerprint density at radius 3 is 2.76 bits per heavy atom. The Labute approximate surface area is 134 Å². The molecule has 0 aliphatic heterocycles. The molecule has 1 heterocycles. The van der Waals surface area contributed by atoms with Crippen LogP contribution in [0.15, 0.2) is 41.8 Å². The highest BCUT2D eigenvalue weighted by Gasteiger charge is 2.17. The van der Waals surface area contributed by atoms with E-state index in [1.54, 1.807) is 24.3 Å². The molecule has 2 rings (SSSR count). The molecule has 1 unspecified atom stereocenters. The van der Waals surface area contributed by atoms with Crippen molar-refractivity contribution in [2.24, 2.45) is 5.73 Å². The maximum absolute atomic E-state index is 12.2. The van der Waals surface area contributed by atoms with Gasteiger partial charge in [-0.2, -0.15) is 0 Å². The van der Waals surface area contributed by atoms with Crippen molar-refractivity contribution in [3.05, 3.63) is 57.8 Å². The second-order valence-electron chi connectivity index (χ2n) is 4.68. The van der Waals surface area contributed by atoms with Crippen LogP contribution in [-0.2, 0) is 15.8 Å². The van der Waals surface area contributed by atoms with Crippen LogP contribution in [0.25, 0.3) is 0 Å². The molecule has 112 valence electrons. The molecule has 0 amide bonds. The highest BCUT2D eigenvalue weighted by atomic mass is 32.2. The minimum absolute atomic E-state index is 0.0980. The molecule has 21 heavy (non-hydrogen) atoms. The zero-order valence-corrected chi connectivity index (χ0v) is 13.9. The standard InChI is InChI=1S/C14H16N2O2S3/c1-10(13-6-3-7-20-13)16-21(17,18)9-11-4-2-5-12(8-11)14(15)19/h2-8,10,16H,9H2,1H3,(H2,15,19). The van der Waals surface area contributed by atoms with E-state index in [0.717, 1.165) is 4.88 Å². The van der Waals surface area contributed by atoms with E-state index < -0.39 is 10.0 Å². The van der Waals surface area contributed by atoms with Crippen molar-refractivity contribution < 1.29 is 8.42 Å². The average Bonchev–Trinajstić information content (AvgIpc) is 2.91. The van der Waals surface area contributed by atoms with Crippen LogP contribution in [0.4, 0.5) is 0 Å². The van der Waals surface area contributed by atoms with Gasteiger partial charge in [0.25, 0.3) is 0 Å². The van der Waals surface area contributed by atoms with Crippen molar-refractivity contribution in [1.29, 1.82) is 0 Å². The molecule has 0 saturated heterocycles. The first-order valence-electron chi connectivity index (χ1n) is 6.29. The largest absolute Gasteiger partial charge is 0.389 e. The molecule has 1 atom stereocenters. The van der Waals surface area contributed by atoms with Gasteiger partial charge in [0.1, 0.15) is 4.99 Å². The Bertz CT molecular complexity index is 724. The van der Waals surface area contributed by atoms with Gasteiger partial charge in [-0.25, -0.2) is 13.1 Å². The van der Waals surface area contributed by atoms with E-state index >= 15 is 0 Å². The van der Waals surface area contributed by atoms with Gasteiger partial charge in [0, 0.05) is 10.4 Å². The van der Waals surface area contributed by atoms with Gasteiger partial charge >= 0.3 is 0 Å². The van der Waals surface area contributed by atoms with Crippen molar-refractivity contribution in [2.45, 2.75) is 18.7 Å². The average molecular weight is 340 g/mol. The van der Waals surface area contributed by atoms with Crippen LogP contribution in [0.1, 0.15) is 29.0 Å². The molecule has 0 spiro atoms. The number of thiocarbonyl (C=S) groups is 1. The number of nitrogens with two attached hydrogens (primary N) is 1.